The van der Waals surface area contributed by atoms with Gasteiger partial charge in [-0.15, -0.1) is 0 Å². The number of nitrogens with one attached hydrogen (secondary N) is 1. The summed E-state index contributed by atoms with van der Waals surface area (Å²) in [6, 6.07) is 0. The van der Waals surface area contributed by atoms with E-state index in [1.807, 2.05) is 6.20 Å². The molecule has 1 amide bonds. The van der Waals surface area contributed by atoms with Crippen LogP contribution in [0, 0.1) is 11.8 Å². The second-order valence-corrected chi connectivity index (χ2v) is 8.09. The van der Waals surface area contributed by atoms with Crippen LogP contribution >= 0.6 is 0 Å². The topological polar surface area (TPSA) is 74.8 Å². The van der Waals surface area contributed by atoms with Crippen LogP contribution in [0.4, 0.5) is 0 Å². The van der Waals surface area contributed by atoms with Crippen molar-refractivity contribution >= 4 is 5.91 Å². The van der Waals surface area contributed by atoms with Crippen LogP contribution in [0.1, 0.15) is 57.1 Å². The Balaban J connectivity index is 1.30. The van der Waals surface area contributed by atoms with Crippen LogP contribution in [0.2, 0.25) is 0 Å². The maximum atomic E-state index is 12.7. The van der Waals surface area contributed by atoms with E-state index >= 15 is 0 Å². The first-order valence-electron chi connectivity index (χ1n) is 10.4. The van der Waals surface area contributed by atoms with Gasteiger partial charge in [0.15, 0.2) is 5.82 Å². The molecule has 2 aromatic rings. The lowest BCUT2D eigenvalue weighted by Crippen LogP contribution is -2.41. The van der Waals surface area contributed by atoms with Gasteiger partial charge in [0.2, 0.25) is 5.91 Å². The number of piperidine rings is 1. The quantitative estimate of drug-likeness (QED) is 0.876. The largest absolute Gasteiger partial charge is 0.343 e. The molecule has 27 heavy (non-hydrogen) atoms. The predicted molar refractivity (Wildman–Crippen MR) is 104 cm³/mol. The van der Waals surface area contributed by atoms with E-state index in [4.69, 9.17) is 0 Å². The molecular formula is C21H29N5O. The highest BCUT2D eigenvalue weighted by atomic mass is 16.2. The first-order chi connectivity index (χ1) is 13.3. The molecule has 1 aliphatic carbocycles. The molecule has 0 unspecified atom stereocenters. The fourth-order valence-corrected chi connectivity index (χ4v) is 4.51. The monoisotopic (exact) mass is 367 g/mol. The maximum Gasteiger partial charge on any atom is 0.222 e. The van der Waals surface area contributed by atoms with Crippen LogP contribution in [0.5, 0.6) is 0 Å². The smallest absolute Gasteiger partial charge is 0.222 e. The maximum absolute atomic E-state index is 12.7. The van der Waals surface area contributed by atoms with Gasteiger partial charge in [-0.1, -0.05) is 19.3 Å². The van der Waals surface area contributed by atoms with Gasteiger partial charge >= 0.3 is 0 Å². The van der Waals surface area contributed by atoms with E-state index in [1.165, 1.54) is 32.1 Å². The fraction of sp³-hybridized carbons (Fsp3) is 0.619. The predicted octanol–water partition coefficient (Wildman–Crippen LogP) is 3.62. The number of amides is 1. The zero-order valence-corrected chi connectivity index (χ0v) is 15.9. The molecule has 144 valence electrons. The SMILES string of the molecule is O=C(CC1CCCCC1)N1CCC[C@H](Cc2cnc(-c3ncc[nH]3)cn2)C1. The molecule has 2 aromatic heterocycles. The third-order valence-electron chi connectivity index (χ3n) is 6.00. The Kier molecular flexibility index (Phi) is 5.80. The normalized spacial score (nSPS) is 21.3. The third kappa shape index (κ3) is 4.73. The zero-order chi connectivity index (χ0) is 18.5. The molecular weight excluding hydrogens is 338 g/mol. The van der Waals surface area contributed by atoms with Gasteiger partial charge in [0.25, 0.3) is 0 Å². The number of rotatable bonds is 5. The zero-order valence-electron chi connectivity index (χ0n) is 15.9. The highest BCUT2D eigenvalue weighted by molar-refractivity contribution is 5.76. The Labute approximate surface area is 160 Å². The number of hydrogen-bond acceptors (Lipinski definition) is 4. The molecule has 4 rings (SSSR count). The number of hydrogen-bond donors (Lipinski definition) is 1. The van der Waals surface area contributed by atoms with Gasteiger partial charge in [0, 0.05) is 38.1 Å². The number of likely N-dealkylation sites (tertiary alicyclic amines) is 1. The van der Waals surface area contributed by atoms with Crippen LogP contribution in [0.3, 0.4) is 0 Å². The van der Waals surface area contributed by atoms with Gasteiger partial charge in [-0.05, 0) is 43.9 Å². The molecule has 2 aliphatic rings. The summed E-state index contributed by atoms with van der Waals surface area (Å²) in [5, 5.41) is 0. The standard InChI is InChI=1S/C21H29N5O/c27-20(12-16-5-2-1-3-6-16)26-10-4-7-17(15-26)11-18-13-25-19(14-24-18)21-22-8-9-23-21/h8-9,13-14,16-17H,1-7,10-12,15H2,(H,22,23)/t17-/m1/s1. The van der Waals surface area contributed by atoms with Gasteiger partial charge in [0.1, 0.15) is 5.69 Å². The van der Waals surface area contributed by atoms with E-state index in [0.717, 1.165) is 56.0 Å². The number of imidazole rings is 1. The Bertz CT molecular complexity index is 722. The molecule has 1 N–H and O–H groups in total. The van der Waals surface area contributed by atoms with Gasteiger partial charge in [0.05, 0.1) is 11.9 Å². The van der Waals surface area contributed by atoms with Gasteiger partial charge < -0.3 is 9.88 Å². The Morgan fingerprint density at radius 2 is 1.89 bits per heavy atom. The highest BCUT2D eigenvalue weighted by Gasteiger charge is 2.26. The molecule has 0 aromatic carbocycles. The van der Waals surface area contributed by atoms with Crippen LogP contribution in [-0.2, 0) is 11.2 Å². The van der Waals surface area contributed by atoms with E-state index in [9.17, 15) is 4.79 Å². The van der Waals surface area contributed by atoms with Crippen molar-refractivity contribution in [2.75, 3.05) is 13.1 Å². The molecule has 0 bridgehead atoms. The average molecular weight is 367 g/mol. The van der Waals surface area contributed by atoms with Crippen molar-refractivity contribution < 1.29 is 4.79 Å². The molecule has 1 atom stereocenters. The Morgan fingerprint density at radius 1 is 1.04 bits per heavy atom. The number of H-pyrrole nitrogens is 1. The van der Waals surface area contributed by atoms with E-state index < -0.39 is 0 Å². The van der Waals surface area contributed by atoms with Crippen molar-refractivity contribution in [1.82, 2.24) is 24.8 Å². The third-order valence-corrected chi connectivity index (χ3v) is 6.00. The van der Waals surface area contributed by atoms with Gasteiger partial charge in [-0.2, -0.15) is 0 Å². The first-order valence-corrected chi connectivity index (χ1v) is 10.4. The van der Waals surface area contributed by atoms with Crippen molar-refractivity contribution in [3.8, 4) is 11.5 Å². The van der Waals surface area contributed by atoms with Gasteiger partial charge in [-0.3, -0.25) is 9.78 Å². The van der Waals surface area contributed by atoms with Crippen molar-refractivity contribution in [2.45, 2.75) is 57.8 Å². The van der Waals surface area contributed by atoms with E-state index in [1.54, 1.807) is 18.6 Å². The lowest BCUT2D eigenvalue weighted by Gasteiger charge is -2.34. The van der Waals surface area contributed by atoms with Crippen molar-refractivity contribution in [3.05, 3.63) is 30.5 Å². The second-order valence-electron chi connectivity index (χ2n) is 8.09. The van der Waals surface area contributed by atoms with E-state index in [-0.39, 0.29) is 0 Å². The first kappa shape index (κ1) is 18.1. The number of carbonyl (C=O) groups excluding carboxylic acids is 1. The minimum absolute atomic E-state index is 0.367. The number of aromatic nitrogens is 4. The van der Waals surface area contributed by atoms with Crippen molar-refractivity contribution in [3.63, 3.8) is 0 Å². The summed E-state index contributed by atoms with van der Waals surface area (Å²) < 4.78 is 0. The summed E-state index contributed by atoms with van der Waals surface area (Å²) in [5.41, 5.74) is 1.76. The summed E-state index contributed by atoms with van der Waals surface area (Å²) in [4.78, 5) is 31.1. The van der Waals surface area contributed by atoms with Gasteiger partial charge in [-0.25, -0.2) is 9.97 Å². The molecule has 2 fully saturated rings. The number of aromatic amines is 1. The molecule has 6 heteroatoms. The molecule has 0 spiro atoms. The van der Waals surface area contributed by atoms with E-state index in [2.05, 4.69) is 24.8 Å². The van der Waals surface area contributed by atoms with Crippen LogP contribution < -0.4 is 0 Å². The summed E-state index contributed by atoms with van der Waals surface area (Å²) in [5.74, 6) is 2.21. The summed E-state index contributed by atoms with van der Waals surface area (Å²) >= 11 is 0. The minimum atomic E-state index is 0.367. The van der Waals surface area contributed by atoms with Crippen LogP contribution in [-0.4, -0.2) is 43.8 Å². The molecule has 1 aliphatic heterocycles. The number of nitrogens with zero attached hydrogens (tertiary/aromatic N) is 4. The Hall–Kier alpha value is -2.24. The summed E-state index contributed by atoms with van der Waals surface area (Å²) in [7, 11) is 0. The summed E-state index contributed by atoms with van der Waals surface area (Å²) in [6.45, 7) is 1.79. The number of carbonyl (C=O) groups is 1. The van der Waals surface area contributed by atoms with Crippen molar-refractivity contribution in [1.29, 1.82) is 0 Å². The van der Waals surface area contributed by atoms with Crippen molar-refractivity contribution in [2.24, 2.45) is 11.8 Å². The molecule has 3 heterocycles. The fourth-order valence-electron chi connectivity index (χ4n) is 4.51. The molecule has 1 saturated heterocycles. The molecule has 0 radical (unpaired) electrons. The molecule has 1 saturated carbocycles. The van der Waals surface area contributed by atoms with Crippen LogP contribution in [0.25, 0.3) is 11.5 Å². The van der Waals surface area contributed by atoms with Crippen LogP contribution in [0.15, 0.2) is 24.8 Å². The average Bonchev–Trinajstić information content (AvgIpc) is 3.24. The highest BCUT2D eigenvalue weighted by Crippen LogP contribution is 2.28. The molecule has 6 nitrogen and oxygen atoms in total. The minimum Gasteiger partial charge on any atom is -0.343 e. The second kappa shape index (κ2) is 8.63. The lowest BCUT2D eigenvalue weighted by atomic mass is 9.86. The van der Waals surface area contributed by atoms with E-state index in [0.29, 0.717) is 17.7 Å². The lowest BCUT2D eigenvalue weighted by molar-refractivity contribution is -0.134. The summed E-state index contributed by atoms with van der Waals surface area (Å²) in [6.07, 6.45) is 17.4. The Morgan fingerprint density at radius 3 is 2.63 bits per heavy atom.